The second-order valence-electron chi connectivity index (χ2n) is 3.78. The second kappa shape index (κ2) is 4.30. The van der Waals surface area contributed by atoms with Crippen LogP contribution in [0.15, 0.2) is 24.3 Å². The van der Waals surface area contributed by atoms with Gasteiger partial charge in [-0.05, 0) is 43.0 Å². The van der Waals surface area contributed by atoms with Crippen molar-refractivity contribution in [2.24, 2.45) is 0 Å². The number of carbonyl (C=O) groups is 1. The summed E-state index contributed by atoms with van der Waals surface area (Å²) in [6.07, 6.45) is 4.37. The van der Waals surface area contributed by atoms with Gasteiger partial charge in [-0.25, -0.2) is 0 Å². The van der Waals surface area contributed by atoms with E-state index in [4.69, 9.17) is 4.74 Å². The van der Waals surface area contributed by atoms with Crippen molar-refractivity contribution in [2.75, 3.05) is 6.61 Å². The summed E-state index contributed by atoms with van der Waals surface area (Å²) in [6.45, 7) is 2.77. The number of carbonyl (C=O) groups excluding carboxylic acids is 1. The Labute approximate surface area is 89.6 Å². The highest BCUT2D eigenvalue weighted by atomic mass is 16.5. The van der Waals surface area contributed by atoms with E-state index in [1.807, 2.05) is 25.1 Å². The van der Waals surface area contributed by atoms with E-state index in [0.717, 1.165) is 42.6 Å². The second-order valence-corrected chi connectivity index (χ2v) is 3.78. The Balaban J connectivity index is 2.49. The number of allylic oxidation sites excluding steroid dienone is 2. The third kappa shape index (κ3) is 2.09. The van der Waals surface area contributed by atoms with Crippen molar-refractivity contribution in [3.05, 3.63) is 35.4 Å². The standard InChI is InChI=1S/C13H14O2/c1-10-4-5-12-11(6-7-14)3-2-8-15-13(12)9-10/h4-7,9H,2-3,8H2,1H3/b11-6+. The molecule has 0 saturated heterocycles. The summed E-state index contributed by atoms with van der Waals surface area (Å²) in [5, 5.41) is 0. The van der Waals surface area contributed by atoms with E-state index in [1.54, 1.807) is 6.08 Å². The minimum atomic E-state index is 0.729. The third-order valence-electron chi connectivity index (χ3n) is 2.60. The van der Waals surface area contributed by atoms with Crippen molar-refractivity contribution in [3.8, 4) is 5.75 Å². The summed E-state index contributed by atoms with van der Waals surface area (Å²) in [5.74, 6) is 0.903. The third-order valence-corrected chi connectivity index (χ3v) is 2.60. The maximum Gasteiger partial charge on any atom is 0.143 e. The van der Waals surface area contributed by atoms with E-state index in [2.05, 4.69) is 0 Å². The fraction of sp³-hybridized carbons (Fsp3) is 0.308. The van der Waals surface area contributed by atoms with Crippen molar-refractivity contribution >= 4 is 11.9 Å². The molecule has 2 rings (SSSR count). The summed E-state index contributed by atoms with van der Waals surface area (Å²) >= 11 is 0. The number of ether oxygens (including phenoxy) is 1. The predicted molar refractivity (Wildman–Crippen MR) is 59.9 cm³/mol. The largest absolute Gasteiger partial charge is 0.493 e. The highest BCUT2D eigenvalue weighted by Crippen LogP contribution is 2.32. The first kappa shape index (κ1) is 9.97. The Bertz CT molecular complexity index is 405. The normalized spacial score (nSPS) is 17.8. The topological polar surface area (TPSA) is 26.3 Å². The number of fused-ring (bicyclic) bond motifs is 1. The molecule has 1 heterocycles. The van der Waals surface area contributed by atoms with Gasteiger partial charge >= 0.3 is 0 Å². The lowest BCUT2D eigenvalue weighted by Crippen LogP contribution is -1.94. The number of benzene rings is 1. The van der Waals surface area contributed by atoms with Gasteiger partial charge in [0.1, 0.15) is 12.0 Å². The fourth-order valence-electron chi connectivity index (χ4n) is 1.85. The summed E-state index contributed by atoms with van der Waals surface area (Å²) in [7, 11) is 0. The Morgan fingerprint density at radius 2 is 2.27 bits per heavy atom. The van der Waals surface area contributed by atoms with Crippen LogP contribution in [0.3, 0.4) is 0 Å². The van der Waals surface area contributed by atoms with Crippen LogP contribution in [0, 0.1) is 6.92 Å². The van der Waals surface area contributed by atoms with Crippen molar-refractivity contribution in [2.45, 2.75) is 19.8 Å². The van der Waals surface area contributed by atoms with Crippen LogP contribution in [0.4, 0.5) is 0 Å². The first-order valence-electron chi connectivity index (χ1n) is 5.19. The number of hydrogen-bond donors (Lipinski definition) is 0. The van der Waals surface area contributed by atoms with Gasteiger partial charge in [0, 0.05) is 5.56 Å². The Morgan fingerprint density at radius 1 is 1.40 bits per heavy atom. The van der Waals surface area contributed by atoms with Crippen LogP contribution in [0.25, 0.3) is 5.57 Å². The van der Waals surface area contributed by atoms with E-state index in [-0.39, 0.29) is 0 Å². The zero-order valence-electron chi connectivity index (χ0n) is 8.82. The monoisotopic (exact) mass is 202 g/mol. The van der Waals surface area contributed by atoms with Gasteiger partial charge in [-0.3, -0.25) is 4.79 Å². The van der Waals surface area contributed by atoms with Crippen LogP contribution in [0.5, 0.6) is 5.75 Å². The molecule has 0 spiro atoms. The minimum absolute atomic E-state index is 0.729. The van der Waals surface area contributed by atoms with Crippen LogP contribution < -0.4 is 4.74 Å². The molecule has 0 saturated carbocycles. The van der Waals surface area contributed by atoms with Gasteiger partial charge < -0.3 is 4.74 Å². The smallest absolute Gasteiger partial charge is 0.143 e. The van der Waals surface area contributed by atoms with Crippen molar-refractivity contribution in [1.29, 1.82) is 0 Å². The van der Waals surface area contributed by atoms with Crippen molar-refractivity contribution in [1.82, 2.24) is 0 Å². The molecular weight excluding hydrogens is 188 g/mol. The molecular formula is C13H14O2. The molecule has 0 amide bonds. The molecule has 0 aliphatic carbocycles. The average Bonchev–Trinajstić information content (AvgIpc) is 2.41. The van der Waals surface area contributed by atoms with Gasteiger partial charge in [0.05, 0.1) is 6.61 Å². The number of rotatable bonds is 1. The Hall–Kier alpha value is -1.57. The molecule has 1 aromatic rings. The molecule has 2 heteroatoms. The van der Waals surface area contributed by atoms with Crippen LogP contribution in [-0.2, 0) is 4.79 Å². The zero-order chi connectivity index (χ0) is 10.7. The first-order chi connectivity index (χ1) is 7.31. The van der Waals surface area contributed by atoms with E-state index in [1.165, 1.54) is 5.56 Å². The highest BCUT2D eigenvalue weighted by Gasteiger charge is 2.12. The molecule has 78 valence electrons. The lowest BCUT2D eigenvalue weighted by molar-refractivity contribution is -0.104. The molecule has 0 fully saturated rings. The molecule has 1 aliphatic heterocycles. The van der Waals surface area contributed by atoms with E-state index < -0.39 is 0 Å². The van der Waals surface area contributed by atoms with Crippen molar-refractivity contribution < 1.29 is 9.53 Å². The molecule has 15 heavy (non-hydrogen) atoms. The van der Waals surface area contributed by atoms with Gasteiger partial charge in [-0.2, -0.15) is 0 Å². The Morgan fingerprint density at radius 3 is 3.07 bits per heavy atom. The van der Waals surface area contributed by atoms with Crippen LogP contribution in [0.2, 0.25) is 0 Å². The quantitative estimate of drug-likeness (QED) is 0.517. The van der Waals surface area contributed by atoms with Gasteiger partial charge in [-0.1, -0.05) is 12.1 Å². The molecule has 0 bridgehead atoms. The van der Waals surface area contributed by atoms with Crippen LogP contribution >= 0.6 is 0 Å². The Kier molecular flexibility index (Phi) is 2.86. The van der Waals surface area contributed by atoms with Gasteiger partial charge in [0.25, 0.3) is 0 Å². The molecule has 0 unspecified atom stereocenters. The summed E-state index contributed by atoms with van der Waals surface area (Å²) in [4.78, 5) is 10.5. The SMILES string of the molecule is Cc1ccc2c(c1)OCCC/C2=C\C=O. The lowest BCUT2D eigenvalue weighted by atomic mass is 10.00. The highest BCUT2D eigenvalue weighted by molar-refractivity contribution is 5.83. The van der Waals surface area contributed by atoms with E-state index in [9.17, 15) is 4.79 Å². The first-order valence-corrected chi connectivity index (χ1v) is 5.19. The lowest BCUT2D eigenvalue weighted by Gasteiger charge is -2.08. The molecule has 0 radical (unpaired) electrons. The van der Waals surface area contributed by atoms with Gasteiger partial charge in [0.2, 0.25) is 0 Å². The minimum Gasteiger partial charge on any atom is -0.493 e. The molecule has 0 N–H and O–H groups in total. The average molecular weight is 202 g/mol. The van der Waals surface area contributed by atoms with Gasteiger partial charge in [0.15, 0.2) is 0 Å². The van der Waals surface area contributed by atoms with Crippen molar-refractivity contribution in [3.63, 3.8) is 0 Å². The van der Waals surface area contributed by atoms with Crippen LogP contribution in [0.1, 0.15) is 24.0 Å². The van der Waals surface area contributed by atoms with Crippen LogP contribution in [-0.4, -0.2) is 12.9 Å². The number of aldehydes is 1. The summed E-state index contributed by atoms with van der Waals surface area (Å²) in [5.41, 5.74) is 3.32. The number of hydrogen-bond acceptors (Lipinski definition) is 2. The maximum absolute atomic E-state index is 10.5. The molecule has 0 atom stereocenters. The van der Waals surface area contributed by atoms with E-state index in [0.29, 0.717) is 0 Å². The molecule has 1 aromatic carbocycles. The molecule has 1 aliphatic rings. The number of aryl methyl sites for hydroxylation is 1. The fourth-order valence-corrected chi connectivity index (χ4v) is 1.85. The predicted octanol–water partition coefficient (Wildman–Crippen LogP) is 2.75. The molecule has 2 nitrogen and oxygen atoms in total. The summed E-state index contributed by atoms with van der Waals surface area (Å²) in [6, 6.07) is 6.11. The maximum atomic E-state index is 10.5. The van der Waals surface area contributed by atoms with Gasteiger partial charge in [-0.15, -0.1) is 0 Å². The summed E-state index contributed by atoms with van der Waals surface area (Å²) < 4.78 is 5.65. The zero-order valence-corrected chi connectivity index (χ0v) is 8.82. The molecule has 0 aromatic heterocycles. The van der Waals surface area contributed by atoms with E-state index >= 15 is 0 Å².